The Hall–Kier alpha value is -2.36. The van der Waals surface area contributed by atoms with Crippen molar-refractivity contribution < 1.29 is 9.47 Å². The zero-order chi connectivity index (χ0) is 20.9. The number of aromatic nitrogens is 4. The van der Waals surface area contributed by atoms with Gasteiger partial charge < -0.3 is 24.7 Å². The lowest BCUT2D eigenvalue weighted by Gasteiger charge is -2.28. The molecule has 0 radical (unpaired) electrons. The monoisotopic (exact) mass is 428 g/mol. The minimum Gasteiger partial charge on any atom is -0.497 e. The molecule has 1 aliphatic rings. The molecule has 160 valence electrons. The first kappa shape index (κ1) is 20.9. The molecule has 0 aliphatic carbocycles. The lowest BCUT2D eigenvalue weighted by molar-refractivity contribution is 0.122. The van der Waals surface area contributed by atoms with Gasteiger partial charge in [-0.2, -0.15) is 0 Å². The summed E-state index contributed by atoms with van der Waals surface area (Å²) < 4.78 is 12.9. The number of ether oxygens (including phenoxy) is 2. The molecule has 3 heterocycles. The number of rotatable bonds is 8. The second kappa shape index (κ2) is 9.63. The Balaban J connectivity index is 1.69. The van der Waals surface area contributed by atoms with Crippen molar-refractivity contribution in [3.8, 4) is 5.75 Å². The van der Waals surface area contributed by atoms with Gasteiger partial charge in [-0.05, 0) is 17.7 Å². The lowest BCUT2D eigenvalue weighted by atomic mass is 10.2. The third-order valence-corrected chi connectivity index (χ3v) is 6.06. The second-order valence-corrected chi connectivity index (χ2v) is 8.00. The number of aryl methyl sites for hydroxylation is 1. The quantitative estimate of drug-likeness (QED) is 0.432. The maximum absolute atomic E-state index is 5.88. The van der Waals surface area contributed by atoms with Gasteiger partial charge in [0.15, 0.2) is 22.1 Å². The van der Waals surface area contributed by atoms with E-state index in [9.17, 15) is 0 Å². The summed E-state index contributed by atoms with van der Waals surface area (Å²) in [6.45, 7) is 6.36. The van der Waals surface area contributed by atoms with E-state index in [4.69, 9.17) is 30.2 Å². The van der Waals surface area contributed by atoms with Crippen LogP contribution >= 0.6 is 11.8 Å². The van der Waals surface area contributed by atoms with E-state index in [2.05, 4.69) is 28.5 Å². The number of benzene rings is 1. The first-order valence-electron chi connectivity index (χ1n) is 10.3. The number of methoxy groups -OCH3 is 1. The Morgan fingerprint density at radius 1 is 1.13 bits per heavy atom. The van der Waals surface area contributed by atoms with Gasteiger partial charge in [0.1, 0.15) is 11.6 Å². The van der Waals surface area contributed by atoms with Crippen LogP contribution in [0.15, 0.2) is 29.4 Å². The molecule has 2 aromatic heterocycles. The molecule has 0 bridgehead atoms. The smallest absolute Gasteiger partial charge is 0.191 e. The summed E-state index contributed by atoms with van der Waals surface area (Å²) in [4.78, 5) is 16.9. The molecule has 1 fully saturated rings. The molecule has 1 aromatic carbocycles. The normalized spacial score (nSPS) is 14.4. The summed E-state index contributed by atoms with van der Waals surface area (Å²) in [5.41, 5.74) is 8.80. The maximum atomic E-state index is 5.88. The van der Waals surface area contributed by atoms with Crippen LogP contribution in [0.1, 0.15) is 18.3 Å². The zero-order valence-corrected chi connectivity index (χ0v) is 18.3. The molecule has 1 saturated heterocycles. The Morgan fingerprint density at radius 2 is 1.90 bits per heavy atom. The third-order valence-electron chi connectivity index (χ3n) is 5.14. The Bertz CT molecular complexity index is 985. The average Bonchev–Trinajstić information content (AvgIpc) is 3.16. The fourth-order valence-electron chi connectivity index (χ4n) is 3.58. The van der Waals surface area contributed by atoms with Crippen molar-refractivity contribution >= 4 is 28.7 Å². The van der Waals surface area contributed by atoms with Gasteiger partial charge in [0.05, 0.1) is 20.3 Å². The number of morpholine rings is 1. The molecule has 2 N–H and O–H groups in total. The number of fused-ring (bicyclic) bond motifs is 1. The number of imidazole rings is 1. The number of nitrogens with two attached hydrogens (primary N) is 1. The van der Waals surface area contributed by atoms with E-state index in [-0.39, 0.29) is 0 Å². The molecule has 0 unspecified atom stereocenters. The van der Waals surface area contributed by atoms with Gasteiger partial charge in [0.25, 0.3) is 0 Å². The highest BCUT2D eigenvalue weighted by Crippen LogP contribution is 2.30. The number of nitrogens with zero attached hydrogens (tertiary/aromatic N) is 5. The van der Waals surface area contributed by atoms with Gasteiger partial charge in [-0.25, -0.2) is 15.0 Å². The van der Waals surface area contributed by atoms with Crippen molar-refractivity contribution in [2.24, 2.45) is 5.73 Å². The van der Waals surface area contributed by atoms with Crippen LogP contribution in [0.4, 0.5) is 5.82 Å². The van der Waals surface area contributed by atoms with Crippen molar-refractivity contribution in [2.75, 3.05) is 44.9 Å². The fourth-order valence-corrected chi connectivity index (χ4v) is 4.37. The van der Waals surface area contributed by atoms with Crippen LogP contribution in [0.3, 0.4) is 0 Å². The molecule has 3 aromatic rings. The van der Waals surface area contributed by atoms with Crippen molar-refractivity contribution in [2.45, 2.75) is 30.8 Å². The molecule has 8 nitrogen and oxygen atoms in total. The van der Waals surface area contributed by atoms with E-state index in [1.807, 2.05) is 12.1 Å². The van der Waals surface area contributed by atoms with Crippen LogP contribution in [0, 0.1) is 0 Å². The highest BCUT2D eigenvalue weighted by atomic mass is 32.2. The summed E-state index contributed by atoms with van der Waals surface area (Å²) >= 11 is 1.63. The molecule has 0 amide bonds. The highest BCUT2D eigenvalue weighted by molar-refractivity contribution is 7.98. The first-order chi connectivity index (χ1) is 14.7. The number of thioether (sulfide) groups is 1. The summed E-state index contributed by atoms with van der Waals surface area (Å²) in [7, 11) is 1.68. The second-order valence-electron chi connectivity index (χ2n) is 7.06. The van der Waals surface area contributed by atoms with Crippen molar-refractivity contribution in [1.29, 1.82) is 0 Å². The predicted molar refractivity (Wildman–Crippen MR) is 119 cm³/mol. The van der Waals surface area contributed by atoms with Gasteiger partial charge in [0.2, 0.25) is 0 Å². The minimum absolute atomic E-state index is 0.545. The van der Waals surface area contributed by atoms with Gasteiger partial charge in [-0.1, -0.05) is 30.8 Å². The fraction of sp³-hybridized carbons (Fsp3) is 0.476. The van der Waals surface area contributed by atoms with Crippen LogP contribution < -0.4 is 15.4 Å². The van der Waals surface area contributed by atoms with E-state index in [0.29, 0.717) is 26.3 Å². The van der Waals surface area contributed by atoms with E-state index in [0.717, 1.165) is 59.0 Å². The van der Waals surface area contributed by atoms with Crippen LogP contribution in [0.2, 0.25) is 0 Å². The van der Waals surface area contributed by atoms with Gasteiger partial charge in [-0.3, -0.25) is 0 Å². The standard InChI is InChI=1S/C21H28N6O2S/c1-3-17-23-18-19(26-10-12-29-13-11-26)24-21(25-20(18)27(17)9-8-22)30-14-15-4-6-16(28-2)7-5-15/h4-7H,3,8-14,22H2,1-2H3. The van der Waals surface area contributed by atoms with E-state index in [1.54, 1.807) is 18.9 Å². The number of anilines is 1. The lowest BCUT2D eigenvalue weighted by Crippen LogP contribution is -2.37. The van der Waals surface area contributed by atoms with Crippen LogP contribution in [0.5, 0.6) is 5.75 Å². The molecule has 4 rings (SSSR count). The number of hydrogen-bond donors (Lipinski definition) is 1. The number of hydrogen-bond acceptors (Lipinski definition) is 8. The Morgan fingerprint density at radius 3 is 2.57 bits per heavy atom. The van der Waals surface area contributed by atoms with Crippen molar-refractivity contribution in [3.05, 3.63) is 35.7 Å². The molecule has 0 spiro atoms. The minimum atomic E-state index is 0.545. The SMILES string of the molecule is CCc1nc2c(N3CCOCC3)nc(SCc3ccc(OC)cc3)nc2n1CCN. The van der Waals surface area contributed by atoms with E-state index < -0.39 is 0 Å². The molecule has 1 aliphatic heterocycles. The topological polar surface area (TPSA) is 91.3 Å². The molecular weight excluding hydrogens is 400 g/mol. The maximum Gasteiger partial charge on any atom is 0.191 e. The zero-order valence-electron chi connectivity index (χ0n) is 17.5. The molecular formula is C21H28N6O2S. The molecule has 9 heteroatoms. The predicted octanol–water partition coefficient (Wildman–Crippen LogP) is 2.48. The molecule has 0 atom stereocenters. The van der Waals surface area contributed by atoms with Crippen molar-refractivity contribution in [1.82, 2.24) is 19.5 Å². The summed E-state index contributed by atoms with van der Waals surface area (Å²) in [5, 5.41) is 0.751. The Kier molecular flexibility index (Phi) is 6.71. The average molecular weight is 429 g/mol. The summed E-state index contributed by atoms with van der Waals surface area (Å²) in [6, 6.07) is 8.09. The van der Waals surface area contributed by atoms with E-state index in [1.165, 1.54) is 5.56 Å². The van der Waals surface area contributed by atoms with Gasteiger partial charge in [-0.15, -0.1) is 0 Å². The van der Waals surface area contributed by atoms with Gasteiger partial charge >= 0.3 is 0 Å². The molecule has 0 saturated carbocycles. The third kappa shape index (κ3) is 4.38. The molecule has 30 heavy (non-hydrogen) atoms. The van der Waals surface area contributed by atoms with Crippen LogP contribution in [-0.4, -0.2) is 59.5 Å². The van der Waals surface area contributed by atoms with Crippen molar-refractivity contribution in [3.63, 3.8) is 0 Å². The van der Waals surface area contributed by atoms with Crippen LogP contribution in [-0.2, 0) is 23.5 Å². The first-order valence-corrected chi connectivity index (χ1v) is 11.3. The Labute approximate surface area is 180 Å². The summed E-state index contributed by atoms with van der Waals surface area (Å²) in [6.07, 6.45) is 0.827. The van der Waals surface area contributed by atoms with Gasteiger partial charge in [0, 0.05) is 38.4 Å². The van der Waals surface area contributed by atoms with Crippen LogP contribution in [0.25, 0.3) is 11.2 Å². The largest absolute Gasteiger partial charge is 0.497 e. The summed E-state index contributed by atoms with van der Waals surface area (Å²) in [5.74, 6) is 3.53. The highest BCUT2D eigenvalue weighted by Gasteiger charge is 2.22. The van der Waals surface area contributed by atoms with E-state index >= 15 is 0 Å².